The Bertz CT molecular complexity index is 978. The molecule has 2 heteroatoms. The van der Waals surface area contributed by atoms with E-state index in [1.54, 1.807) is 0 Å². The molecule has 106 valence electrons. The first-order valence-electron chi connectivity index (χ1n) is 7.32. The summed E-state index contributed by atoms with van der Waals surface area (Å²) in [7, 11) is 0. The highest BCUT2D eigenvalue weighted by atomic mass is 16.3. The zero-order valence-electron chi connectivity index (χ0n) is 12.3. The number of aliphatic imine (C=N–C) groups is 1. The molecule has 0 radical (unpaired) electrons. The number of rotatable bonds is 2. The largest absolute Gasteiger partial charge is 0.456 e. The average Bonchev–Trinajstić information content (AvgIpc) is 2.92. The van der Waals surface area contributed by atoms with Gasteiger partial charge in [0.25, 0.3) is 0 Å². The molecule has 0 fully saturated rings. The Morgan fingerprint density at radius 1 is 0.818 bits per heavy atom. The molecule has 0 aliphatic rings. The van der Waals surface area contributed by atoms with E-state index in [1.807, 2.05) is 36.5 Å². The molecule has 0 saturated carbocycles. The molecule has 0 bridgehead atoms. The minimum absolute atomic E-state index is 0.875. The van der Waals surface area contributed by atoms with Crippen LogP contribution in [0.5, 0.6) is 0 Å². The van der Waals surface area contributed by atoms with Gasteiger partial charge < -0.3 is 4.42 Å². The van der Waals surface area contributed by atoms with Gasteiger partial charge >= 0.3 is 0 Å². The summed E-state index contributed by atoms with van der Waals surface area (Å²) in [6.07, 6.45) is 1.88. The van der Waals surface area contributed by atoms with E-state index in [9.17, 15) is 0 Å². The maximum Gasteiger partial charge on any atom is 0.137 e. The quantitative estimate of drug-likeness (QED) is 0.437. The van der Waals surface area contributed by atoms with Gasteiger partial charge in [0.1, 0.15) is 11.2 Å². The van der Waals surface area contributed by atoms with E-state index < -0.39 is 0 Å². The van der Waals surface area contributed by atoms with E-state index in [2.05, 4.69) is 48.3 Å². The second-order valence-corrected chi connectivity index (χ2v) is 5.45. The first-order valence-corrected chi connectivity index (χ1v) is 7.32. The Balaban J connectivity index is 1.73. The summed E-state index contributed by atoms with van der Waals surface area (Å²) in [6, 6.07) is 22.5. The maximum atomic E-state index is 5.89. The lowest BCUT2D eigenvalue weighted by Crippen LogP contribution is -1.80. The minimum atomic E-state index is 0.875. The fraction of sp³-hybridized carbons (Fsp3) is 0.0500. The summed E-state index contributed by atoms with van der Waals surface area (Å²) in [5.74, 6) is 0. The van der Waals surface area contributed by atoms with Gasteiger partial charge in [0, 0.05) is 23.1 Å². The van der Waals surface area contributed by atoms with Crippen LogP contribution in [0.25, 0.3) is 21.9 Å². The second kappa shape index (κ2) is 5.15. The fourth-order valence-corrected chi connectivity index (χ4v) is 2.60. The summed E-state index contributed by atoms with van der Waals surface area (Å²) in [5.41, 5.74) is 5.03. The van der Waals surface area contributed by atoms with Crippen LogP contribution in [0, 0.1) is 6.92 Å². The molecule has 1 aromatic heterocycles. The molecule has 3 aromatic carbocycles. The summed E-state index contributed by atoms with van der Waals surface area (Å²) < 4.78 is 5.89. The molecule has 0 saturated heterocycles. The summed E-state index contributed by atoms with van der Waals surface area (Å²) in [6.45, 7) is 2.08. The number of hydrogen-bond acceptors (Lipinski definition) is 2. The molecule has 0 spiro atoms. The lowest BCUT2D eigenvalue weighted by atomic mass is 10.1. The fourth-order valence-electron chi connectivity index (χ4n) is 2.60. The van der Waals surface area contributed by atoms with Crippen LogP contribution in [0.3, 0.4) is 0 Å². The maximum absolute atomic E-state index is 5.89. The van der Waals surface area contributed by atoms with Crippen LogP contribution in [-0.4, -0.2) is 6.21 Å². The molecule has 22 heavy (non-hydrogen) atoms. The SMILES string of the molecule is Cc1ccc(C=Nc2ccc3c(c2)oc2ccccc23)cc1. The van der Waals surface area contributed by atoms with Crippen molar-refractivity contribution in [2.24, 2.45) is 4.99 Å². The summed E-state index contributed by atoms with van der Waals surface area (Å²) >= 11 is 0. The van der Waals surface area contributed by atoms with Crippen molar-refractivity contribution in [1.82, 2.24) is 0 Å². The monoisotopic (exact) mass is 285 g/mol. The molecule has 0 N–H and O–H groups in total. The van der Waals surface area contributed by atoms with Crippen molar-refractivity contribution in [3.8, 4) is 0 Å². The van der Waals surface area contributed by atoms with E-state index in [-0.39, 0.29) is 0 Å². The third-order valence-electron chi connectivity index (χ3n) is 3.80. The predicted molar refractivity (Wildman–Crippen MR) is 92.2 cm³/mol. The van der Waals surface area contributed by atoms with Gasteiger partial charge in [0.05, 0.1) is 5.69 Å². The Morgan fingerprint density at radius 2 is 1.59 bits per heavy atom. The summed E-state index contributed by atoms with van der Waals surface area (Å²) in [5, 5.41) is 2.27. The lowest BCUT2D eigenvalue weighted by molar-refractivity contribution is 0.669. The molecule has 4 rings (SSSR count). The smallest absolute Gasteiger partial charge is 0.137 e. The van der Waals surface area contributed by atoms with Crippen LogP contribution in [0.1, 0.15) is 11.1 Å². The van der Waals surface area contributed by atoms with Crippen molar-refractivity contribution >= 4 is 33.8 Å². The van der Waals surface area contributed by atoms with Crippen LogP contribution < -0.4 is 0 Å². The molecular weight excluding hydrogens is 270 g/mol. The normalized spacial score (nSPS) is 11.7. The molecule has 0 aliphatic carbocycles. The van der Waals surface area contributed by atoms with Crippen molar-refractivity contribution in [3.63, 3.8) is 0 Å². The average molecular weight is 285 g/mol. The predicted octanol–water partition coefficient (Wildman–Crippen LogP) is 5.65. The Morgan fingerprint density at radius 3 is 2.45 bits per heavy atom. The molecule has 0 aliphatic heterocycles. The van der Waals surface area contributed by atoms with Gasteiger partial charge in [-0.3, -0.25) is 4.99 Å². The highest BCUT2D eigenvalue weighted by Crippen LogP contribution is 2.31. The highest BCUT2D eigenvalue weighted by Gasteiger charge is 2.06. The first kappa shape index (κ1) is 12.8. The van der Waals surface area contributed by atoms with Gasteiger partial charge in [-0.05, 0) is 30.7 Å². The van der Waals surface area contributed by atoms with Crippen LogP contribution in [0.2, 0.25) is 0 Å². The van der Waals surface area contributed by atoms with Gasteiger partial charge in [-0.2, -0.15) is 0 Å². The molecule has 0 amide bonds. The van der Waals surface area contributed by atoms with Gasteiger partial charge in [-0.1, -0.05) is 48.0 Å². The Labute approximate surface area is 128 Å². The first-order chi connectivity index (χ1) is 10.8. The number of para-hydroxylation sites is 1. The Kier molecular flexibility index (Phi) is 3.01. The van der Waals surface area contributed by atoms with Crippen molar-refractivity contribution in [1.29, 1.82) is 0 Å². The summed E-state index contributed by atoms with van der Waals surface area (Å²) in [4.78, 5) is 4.54. The van der Waals surface area contributed by atoms with E-state index in [0.29, 0.717) is 0 Å². The molecular formula is C20H15NO. The number of hydrogen-bond donors (Lipinski definition) is 0. The Hall–Kier alpha value is -2.87. The van der Waals surface area contributed by atoms with Gasteiger partial charge in [0.2, 0.25) is 0 Å². The van der Waals surface area contributed by atoms with Gasteiger partial charge in [-0.25, -0.2) is 0 Å². The van der Waals surface area contributed by atoms with Crippen molar-refractivity contribution in [3.05, 3.63) is 77.9 Å². The number of furan rings is 1. The van der Waals surface area contributed by atoms with Crippen LogP contribution in [0.15, 0.2) is 76.1 Å². The van der Waals surface area contributed by atoms with E-state index in [4.69, 9.17) is 4.42 Å². The van der Waals surface area contributed by atoms with Crippen LogP contribution in [-0.2, 0) is 0 Å². The molecule has 2 nitrogen and oxygen atoms in total. The zero-order valence-corrected chi connectivity index (χ0v) is 12.3. The zero-order chi connectivity index (χ0) is 14.9. The third-order valence-corrected chi connectivity index (χ3v) is 3.80. The number of nitrogens with zero attached hydrogens (tertiary/aromatic N) is 1. The topological polar surface area (TPSA) is 25.5 Å². The molecule has 4 aromatic rings. The van der Waals surface area contributed by atoms with Crippen molar-refractivity contribution < 1.29 is 4.42 Å². The van der Waals surface area contributed by atoms with Crippen LogP contribution in [0.4, 0.5) is 5.69 Å². The number of fused-ring (bicyclic) bond motifs is 3. The van der Waals surface area contributed by atoms with Crippen LogP contribution >= 0.6 is 0 Å². The standard InChI is InChI=1S/C20H15NO/c1-14-6-8-15(9-7-14)13-21-16-10-11-18-17-4-2-3-5-19(17)22-20(18)12-16/h2-13H,1H3. The van der Waals surface area contributed by atoms with E-state index in [0.717, 1.165) is 33.2 Å². The lowest BCUT2D eigenvalue weighted by Gasteiger charge is -1.96. The molecule has 1 heterocycles. The van der Waals surface area contributed by atoms with Crippen molar-refractivity contribution in [2.45, 2.75) is 6.92 Å². The van der Waals surface area contributed by atoms with Crippen molar-refractivity contribution in [2.75, 3.05) is 0 Å². The van der Waals surface area contributed by atoms with Gasteiger partial charge in [0.15, 0.2) is 0 Å². The number of benzene rings is 3. The highest BCUT2D eigenvalue weighted by molar-refractivity contribution is 6.05. The third kappa shape index (κ3) is 2.29. The van der Waals surface area contributed by atoms with Gasteiger partial charge in [-0.15, -0.1) is 0 Å². The number of aryl methyl sites for hydroxylation is 1. The second-order valence-electron chi connectivity index (χ2n) is 5.45. The molecule has 0 atom stereocenters. The molecule has 0 unspecified atom stereocenters. The van der Waals surface area contributed by atoms with E-state index >= 15 is 0 Å². The van der Waals surface area contributed by atoms with E-state index in [1.165, 1.54) is 5.56 Å². The minimum Gasteiger partial charge on any atom is -0.456 e.